The van der Waals surface area contributed by atoms with Crippen molar-refractivity contribution in [2.75, 3.05) is 25.6 Å². The summed E-state index contributed by atoms with van der Waals surface area (Å²) in [4.78, 5) is 33.4. The lowest BCUT2D eigenvalue weighted by molar-refractivity contribution is -0.130. The van der Waals surface area contributed by atoms with E-state index in [1.165, 1.54) is 16.0 Å². The minimum absolute atomic E-state index is 0.0195. The molecule has 6 heteroatoms. The number of aromatic nitrogens is 1. The maximum atomic E-state index is 12.9. The van der Waals surface area contributed by atoms with E-state index >= 15 is 0 Å². The van der Waals surface area contributed by atoms with Crippen LogP contribution in [0.2, 0.25) is 0 Å². The minimum Gasteiger partial charge on any atom is -0.497 e. The molecule has 0 atom stereocenters. The summed E-state index contributed by atoms with van der Waals surface area (Å²) in [6.07, 6.45) is 2.80. The van der Waals surface area contributed by atoms with Crippen molar-refractivity contribution in [1.29, 1.82) is 0 Å². The summed E-state index contributed by atoms with van der Waals surface area (Å²) in [5.41, 5.74) is 6.53. The molecule has 2 amide bonds. The number of rotatable bonds is 6. The number of fused-ring (bicyclic) bond motifs is 1. The lowest BCUT2D eigenvalue weighted by Crippen LogP contribution is -2.44. The zero-order valence-electron chi connectivity index (χ0n) is 19.6. The summed E-state index contributed by atoms with van der Waals surface area (Å²) in [7, 11) is 3.37. The van der Waals surface area contributed by atoms with Crippen molar-refractivity contribution in [1.82, 2.24) is 9.88 Å². The molecule has 1 aliphatic heterocycles. The molecule has 0 saturated carbocycles. The van der Waals surface area contributed by atoms with Gasteiger partial charge in [-0.05, 0) is 55.2 Å². The van der Waals surface area contributed by atoms with Crippen molar-refractivity contribution < 1.29 is 14.3 Å². The summed E-state index contributed by atoms with van der Waals surface area (Å²) >= 11 is 0. The average molecular weight is 444 g/mol. The first-order chi connectivity index (χ1) is 15.8. The van der Waals surface area contributed by atoms with Gasteiger partial charge in [-0.25, -0.2) is 4.98 Å². The van der Waals surface area contributed by atoms with Crippen LogP contribution in [0.5, 0.6) is 5.75 Å². The zero-order valence-corrected chi connectivity index (χ0v) is 19.6. The van der Waals surface area contributed by atoms with Crippen molar-refractivity contribution in [3.05, 3.63) is 77.0 Å². The molecule has 0 unspecified atom stereocenters. The topological polar surface area (TPSA) is 62.7 Å². The third kappa shape index (κ3) is 5.06. The molecule has 1 aromatic heterocycles. The lowest BCUT2D eigenvalue weighted by Gasteiger charge is -2.29. The Morgan fingerprint density at radius 1 is 1.03 bits per heavy atom. The Morgan fingerprint density at radius 3 is 2.39 bits per heavy atom. The highest BCUT2D eigenvalue weighted by molar-refractivity contribution is 6.00. The second kappa shape index (κ2) is 9.45. The quantitative estimate of drug-likeness (QED) is 0.570. The van der Waals surface area contributed by atoms with Gasteiger partial charge in [0.05, 0.1) is 7.11 Å². The molecule has 3 aromatic rings. The molecule has 0 bridgehead atoms. The molecular weight excluding hydrogens is 414 g/mol. The van der Waals surface area contributed by atoms with Gasteiger partial charge in [0, 0.05) is 31.8 Å². The van der Waals surface area contributed by atoms with Crippen LogP contribution in [0.25, 0.3) is 11.1 Å². The van der Waals surface area contributed by atoms with Crippen LogP contribution in [0.4, 0.5) is 5.82 Å². The van der Waals surface area contributed by atoms with Crippen molar-refractivity contribution in [2.45, 2.75) is 33.2 Å². The second-order valence-corrected chi connectivity index (χ2v) is 8.66. The van der Waals surface area contributed by atoms with Crippen LogP contribution in [0, 0.1) is 13.8 Å². The fourth-order valence-electron chi connectivity index (χ4n) is 4.24. The van der Waals surface area contributed by atoms with E-state index < -0.39 is 0 Å². The maximum Gasteiger partial charge on any atom is 0.242 e. The van der Waals surface area contributed by atoms with Gasteiger partial charge in [0.25, 0.3) is 0 Å². The van der Waals surface area contributed by atoms with E-state index in [1.54, 1.807) is 25.3 Å². The van der Waals surface area contributed by atoms with E-state index in [0.29, 0.717) is 25.2 Å². The number of methoxy groups -OCH3 is 1. The fraction of sp³-hybridized carbons (Fsp3) is 0.296. The van der Waals surface area contributed by atoms with Gasteiger partial charge < -0.3 is 9.64 Å². The largest absolute Gasteiger partial charge is 0.497 e. The zero-order chi connectivity index (χ0) is 23.5. The molecule has 4 rings (SSSR count). The van der Waals surface area contributed by atoms with Gasteiger partial charge in [0.1, 0.15) is 18.1 Å². The molecule has 0 aliphatic carbocycles. The minimum atomic E-state index is -0.132. The standard InChI is InChI=1S/C27H29N3O3/c1-18-11-19(2)13-22(12-18)23-14-21-7-10-25(31)30(27(21)28-15-23)17-26(32)29(3)16-20-5-8-24(33-4)9-6-20/h5-6,8-9,11-15H,7,10,16-17H2,1-4H3. The molecule has 170 valence electrons. The van der Waals surface area contributed by atoms with Crippen LogP contribution in [0.15, 0.2) is 54.7 Å². The molecule has 0 radical (unpaired) electrons. The smallest absolute Gasteiger partial charge is 0.242 e. The number of amides is 2. The highest BCUT2D eigenvalue weighted by atomic mass is 16.5. The van der Waals surface area contributed by atoms with Crippen molar-refractivity contribution in [2.24, 2.45) is 0 Å². The molecule has 6 nitrogen and oxygen atoms in total. The maximum absolute atomic E-state index is 12.9. The van der Waals surface area contributed by atoms with Gasteiger partial charge in [-0.3, -0.25) is 14.5 Å². The number of carbonyl (C=O) groups is 2. The summed E-state index contributed by atoms with van der Waals surface area (Å²) in [5, 5.41) is 0. The molecular formula is C27H29N3O3. The molecule has 0 spiro atoms. The predicted molar refractivity (Wildman–Crippen MR) is 129 cm³/mol. The number of anilines is 1. The summed E-state index contributed by atoms with van der Waals surface area (Å²) in [6, 6.07) is 16.1. The normalized spacial score (nSPS) is 13.0. The van der Waals surface area contributed by atoms with Gasteiger partial charge >= 0.3 is 0 Å². The number of carbonyl (C=O) groups excluding carboxylic acids is 2. The molecule has 0 fully saturated rings. The Morgan fingerprint density at radius 2 is 1.73 bits per heavy atom. The second-order valence-electron chi connectivity index (χ2n) is 8.66. The monoisotopic (exact) mass is 443 g/mol. The van der Waals surface area contributed by atoms with Gasteiger partial charge in [-0.2, -0.15) is 0 Å². The van der Waals surface area contributed by atoms with Crippen LogP contribution in [0.3, 0.4) is 0 Å². The number of aryl methyl sites for hydroxylation is 3. The van der Waals surface area contributed by atoms with E-state index in [2.05, 4.69) is 43.1 Å². The number of benzene rings is 2. The Kier molecular flexibility index (Phi) is 6.45. The van der Waals surface area contributed by atoms with Crippen LogP contribution in [-0.4, -0.2) is 42.4 Å². The van der Waals surface area contributed by atoms with Crippen LogP contribution in [-0.2, 0) is 22.6 Å². The van der Waals surface area contributed by atoms with E-state index in [0.717, 1.165) is 28.0 Å². The highest BCUT2D eigenvalue weighted by Crippen LogP contribution is 2.30. The average Bonchev–Trinajstić information content (AvgIpc) is 2.80. The molecule has 0 saturated heterocycles. The predicted octanol–water partition coefficient (Wildman–Crippen LogP) is 4.31. The van der Waals surface area contributed by atoms with E-state index in [9.17, 15) is 9.59 Å². The van der Waals surface area contributed by atoms with Crippen LogP contribution >= 0.6 is 0 Å². The van der Waals surface area contributed by atoms with E-state index in [1.807, 2.05) is 24.3 Å². The summed E-state index contributed by atoms with van der Waals surface area (Å²) < 4.78 is 5.18. The number of hydrogen-bond acceptors (Lipinski definition) is 4. The Hall–Kier alpha value is -3.67. The van der Waals surface area contributed by atoms with Crippen LogP contribution < -0.4 is 9.64 Å². The van der Waals surface area contributed by atoms with Gasteiger partial charge in [0.15, 0.2) is 0 Å². The lowest BCUT2D eigenvalue weighted by atomic mass is 9.98. The SMILES string of the molecule is COc1ccc(CN(C)C(=O)CN2C(=O)CCc3cc(-c4cc(C)cc(C)c4)cnc32)cc1. The van der Waals surface area contributed by atoms with E-state index in [-0.39, 0.29) is 18.4 Å². The first kappa shape index (κ1) is 22.5. The van der Waals surface area contributed by atoms with E-state index in [4.69, 9.17) is 4.74 Å². The Labute approximate surface area is 194 Å². The van der Waals surface area contributed by atoms with Crippen molar-refractivity contribution >= 4 is 17.6 Å². The van der Waals surface area contributed by atoms with Crippen LogP contribution in [0.1, 0.15) is 28.7 Å². The fourth-order valence-corrected chi connectivity index (χ4v) is 4.24. The number of likely N-dealkylation sites (N-methyl/N-ethyl adjacent to an activating group) is 1. The molecule has 0 N–H and O–H groups in total. The number of ether oxygens (including phenoxy) is 1. The van der Waals surface area contributed by atoms with Gasteiger partial charge in [-0.1, -0.05) is 41.5 Å². The van der Waals surface area contributed by atoms with Gasteiger partial charge in [-0.15, -0.1) is 0 Å². The third-order valence-corrected chi connectivity index (χ3v) is 5.96. The van der Waals surface area contributed by atoms with Gasteiger partial charge in [0.2, 0.25) is 11.8 Å². The third-order valence-electron chi connectivity index (χ3n) is 5.96. The first-order valence-corrected chi connectivity index (χ1v) is 11.1. The van der Waals surface area contributed by atoms with Crippen molar-refractivity contribution in [3.8, 4) is 16.9 Å². The molecule has 2 aromatic carbocycles. The Balaban J connectivity index is 1.51. The van der Waals surface area contributed by atoms with Crippen molar-refractivity contribution in [3.63, 3.8) is 0 Å². The highest BCUT2D eigenvalue weighted by Gasteiger charge is 2.28. The Bertz CT molecular complexity index is 1170. The molecule has 2 heterocycles. The summed E-state index contributed by atoms with van der Waals surface area (Å²) in [6.45, 7) is 4.60. The molecule has 33 heavy (non-hydrogen) atoms. The first-order valence-electron chi connectivity index (χ1n) is 11.1. The number of pyridine rings is 1. The molecule has 1 aliphatic rings. The summed E-state index contributed by atoms with van der Waals surface area (Å²) in [5.74, 6) is 1.16. The number of hydrogen-bond donors (Lipinski definition) is 0. The number of nitrogens with zero attached hydrogens (tertiary/aromatic N) is 3.